The molecule has 0 heterocycles. The maximum Gasteiger partial charge on any atom is 0.0607 e. The van der Waals surface area contributed by atoms with Gasteiger partial charge in [-0.25, -0.2) is 0 Å². The van der Waals surface area contributed by atoms with Gasteiger partial charge in [-0.05, 0) is 18.2 Å². The van der Waals surface area contributed by atoms with Crippen molar-refractivity contribution >= 4 is 34.8 Å². The van der Waals surface area contributed by atoms with Crippen LogP contribution in [-0.4, -0.2) is 0 Å². The zero-order chi connectivity index (χ0) is 8.85. The molecule has 0 aromatic heterocycles. The van der Waals surface area contributed by atoms with Gasteiger partial charge in [0.15, 0.2) is 0 Å². The Labute approximate surface area is 80.0 Å². The SMILES string of the molecule is Clc1ccc(Cl)c(Cl)c1.NN. The van der Waals surface area contributed by atoms with Gasteiger partial charge in [-0.3, -0.25) is 11.7 Å². The Morgan fingerprint density at radius 3 is 1.82 bits per heavy atom. The molecule has 11 heavy (non-hydrogen) atoms. The highest BCUT2D eigenvalue weighted by Crippen LogP contribution is 2.24. The highest BCUT2D eigenvalue weighted by atomic mass is 35.5. The molecule has 0 amide bonds. The van der Waals surface area contributed by atoms with Gasteiger partial charge in [0, 0.05) is 5.02 Å². The van der Waals surface area contributed by atoms with E-state index in [0.717, 1.165) is 0 Å². The summed E-state index contributed by atoms with van der Waals surface area (Å²) >= 11 is 16.8. The molecule has 0 unspecified atom stereocenters. The predicted molar refractivity (Wildman–Crippen MR) is 49.8 cm³/mol. The fraction of sp³-hybridized carbons (Fsp3) is 0. The van der Waals surface area contributed by atoms with Crippen LogP contribution in [0, 0.1) is 0 Å². The molecule has 0 saturated carbocycles. The third-order valence-electron chi connectivity index (χ3n) is 0.882. The largest absolute Gasteiger partial charge is 0.274 e. The molecule has 0 spiro atoms. The third-order valence-corrected chi connectivity index (χ3v) is 1.86. The summed E-state index contributed by atoms with van der Waals surface area (Å²) in [6.45, 7) is 0. The van der Waals surface area contributed by atoms with Crippen molar-refractivity contribution < 1.29 is 0 Å². The van der Waals surface area contributed by atoms with Gasteiger partial charge < -0.3 is 0 Å². The number of hydrogen-bond donors (Lipinski definition) is 2. The smallest absolute Gasteiger partial charge is 0.0607 e. The summed E-state index contributed by atoms with van der Waals surface area (Å²) in [6.07, 6.45) is 0. The zero-order valence-electron chi connectivity index (χ0n) is 5.52. The van der Waals surface area contributed by atoms with E-state index >= 15 is 0 Å². The fourth-order valence-corrected chi connectivity index (χ4v) is 0.997. The van der Waals surface area contributed by atoms with Crippen LogP contribution < -0.4 is 11.7 Å². The minimum atomic E-state index is 0.490. The molecule has 2 nitrogen and oxygen atoms in total. The standard InChI is InChI=1S/C6H3Cl3.H4N2/c7-4-1-2-5(8)6(9)3-4;1-2/h1-3H;1-2H2. The van der Waals surface area contributed by atoms with Crippen molar-refractivity contribution in [2.45, 2.75) is 0 Å². The molecule has 5 heteroatoms. The lowest BCUT2D eigenvalue weighted by molar-refractivity contribution is 1.26. The molecule has 0 radical (unpaired) electrons. The van der Waals surface area contributed by atoms with E-state index in [9.17, 15) is 0 Å². The second-order valence-electron chi connectivity index (χ2n) is 1.56. The number of nitrogens with two attached hydrogens (primary N) is 2. The molecule has 0 atom stereocenters. The van der Waals surface area contributed by atoms with E-state index in [2.05, 4.69) is 11.7 Å². The fourth-order valence-electron chi connectivity index (χ4n) is 0.470. The Morgan fingerprint density at radius 1 is 0.909 bits per heavy atom. The minimum Gasteiger partial charge on any atom is -0.274 e. The van der Waals surface area contributed by atoms with Crippen molar-refractivity contribution in [2.24, 2.45) is 11.7 Å². The topological polar surface area (TPSA) is 52.0 Å². The van der Waals surface area contributed by atoms with Crippen LogP contribution in [-0.2, 0) is 0 Å². The van der Waals surface area contributed by atoms with Crippen molar-refractivity contribution in [3.8, 4) is 0 Å². The predicted octanol–water partition coefficient (Wildman–Crippen LogP) is 2.47. The number of rotatable bonds is 0. The van der Waals surface area contributed by atoms with E-state index in [-0.39, 0.29) is 0 Å². The van der Waals surface area contributed by atoms with Gasteiger partial charge in [0.2, 0.25) is 0 Å². The minimum absolute atomic E-state index is 0.490. The maximum atomic E-state index is 5.60. The maximum absolute atomic E-state index is 5.60. The van der Waals surface area contributed by atoms with E-state index in [4.69, 9.17) is 34.8 Å². The van der Waals surface area contributed by atoms with E-state index in [0.29, 0.717) is 15.1 Å². The number of hydrogen-bond acceptors (Lipinski definition) is 2. The van der Waals surface area contributed by atoms with Crippen LogP contribution in [0.1, 0.15) is 0 Å². The van der Waals surface area contributed by atoms with Gasteiger partial charge in [-0.15, -0.1) is 0 Å². The Kier molecular flexibility index (Phi) is 5.64. The second kappa shape index (κ2) is 5.63. The summed E-state index contributed by atoms with van der Waals surface area (Å²) in [5, 5.41) is 1.62. The van der Waals surface area contributed by atoms with Crippen LogP contribution in [0.2, 0.25) is 15.1 Å². The first-order valence-electron chi connectivity index (χ1n) is 2.64. The lowest BCUT2D eigenvalue weighted by atomic mass is 10.4. The molecule has 0 aliphatic carbocycles. The average Bonchev–Trinajstić information content (AvgIpc) is 2.02. The Morgan fingerprint density at radius 2 is 1.45 bits per heavy atom. The van der Waals surface area contributed by atoms with Gasteiger partial charge in [-0.1, -0.05) is 34.8 Å². The summed E-state index contributed by atoms with van der Waals surface area (Å²) in [5.74, 6) is 8.00. The molecule has 0 saturated heterocycles. The summed E-state index contributed by atoms with van der Waals surface area (Å²) in [5.41, 5.74) is 0. The first-order chi connectivity index (χ1) is 5.20. The molecule has 0 bridgehead atoms. The molecule has 1 rings (SSSR count). The monoisotopic (exact) mass is 212 g/mol. The van der Waals surface area contributed by atoms with Crippen LogP contribution in [0.25, 0.3) is 0 Å². The van der Waals surface area contributed by atoms with E-state index < -0.39 is 0 Å². The first-order valence-corrected chi connectivity index (χ1v) is 3.77. The van der Waals surface area contributed by atoms with Gasteiger partial charge in [-0.2, -0.15) is 0 Å². The molecule has 1 aromatic rings. The third kappa shape index (κ3) is 3.79. The van der Waals surface area contributed by atoms with E-state index in [1.807, 2.05) is 0 Å². The first kappa shape index (κ1) is 11.0. The lowest BCUT2D eigenvalue weighted by Gasteiger charge is -1.92. The Balaban J connectivity index is 0.000000461. The summed E-state index contributed by atoms with van der Waals surface area (Å²) in [6, 6.07) is 4.95. The van der Waals surface area contributed by atoms with Crippen molar-refractivity contribution in [2.75, 3.05) is 0 Å². The molecule has 0 aliphatic rings. The number of hydrazine groups is 1. The van der Waals surface area contributed by atoms with Crippen molar-refractivity contribution in [1.29, 1.82) is 0 Å². The second-order valence-corrected chi connectivity index (χ2v) is 2.81. The normalized spacial score (nSPS) is 8.45. The van der Waals surface area contributed by atoms with Gasteiger partial charge in [0.1, 0.15) is 0 Å². The van der Waals surface area contributed by atoms with Crippen molar-refractivity contribution in [3.63, 3.8) is 0 Å². The molecule has 1 aromatic carbocycles. The summed E-state index contributed by atoms with van der Waals surface area (Å²) in [4.78, 5) is 0. The zero-order valence-corrected chi connectivity index (χ0v) is 7.79. The van der Waals surface area contributed by atoms with Gasteiger partial charge >= 0.3 is 0 Å². The highest BCUT2D eigenvalue weighted by molar-refractivity contribution is 6.43. The van der Waals surface area contributed by atoms with Crippen molar-refractivity contribution in [1.82, 2.24) is 0 Å². The molecular weight excluding hydrogens is 206 g/mol. The van der Waals surface area contributed by atoms with Crippen LogP contribution in [0.4, 0.5) is 0 Å². The van der Waals surface area contributed by atoms with Gasteiger partial charge in [0.25, 0.3) is 0 Å². The lowest BCUT2D eigenvalue weighted by Crippen LogP contribution is -2.02. The molecule has 0 aliphatic heterocycles. The van der Waals surface area contributed by atoms with E-state index in [1.165, 1.54) is 0 Å². The molecule has 62 valence electrons. The van der Waals surface area contributed by atoms with Crippen LogP contribution in [0.5, 0.6) is 0 Å². The average molecular weight is 213 g/mol. The summed E-state index contributed by atoms with van der Waals surface area (Å²) < 4.78 is 0. The van der Waals surface area contributed by atoms with E-state index in [1.54, 1.807) is 18.2 Å². The molecular formula is C6H7Cl3N2. The Hall–Kier alpha value is 0.01000. The van der Waals surface area contributed by atoms with Crippen LogP contribution in [0.15, 0.2) is 18.2 Å². The van der Waals surface area contributed by atoms with Crippen LogP contribution >= 0.6 is 34.8 Å². The van der Waals surface area contributed by atoms with Crippen molar-refractivity contribution in [3.05, 3.63) is 33.3 Å². The van der Waals surface area contributed by atoms with Gasteiger partial charge in [0.05, 0.1) is 10.0 Å². The highest BCUT2D eigenvalue weighted by Gasteiger charge is 1.94. The Bertz CT molecular complexity index is 227. The molecule has 0 fully saturated rings. The number of benzene rings is 1. The summed E-state index contributed by atoms with van der Waals surface area (Å²) in [7, 11) is 0. The van der Waals surface area contributed by atoms with Crippen LogP contribution in [0.3, 0.4) is 0 Å². The quantitative estimate of drug-likeness (QED) is 0.395. The molecule has 4 N–H and O–H groups in total. The number of halogens is 3.